The predicted molar refractivity (Wildman–Crippen MR) is 157 cm³/mol. The summed E-state index contributed by atoms with van der Waals surface area (Å²) < 4.78 is 1.75. The third kappa shape index (κ3) is 7.17. The van der Waals surface area contributed by atoms with Crippen LogP contribution in [0, 0.1) is 5.92 Å². The third-order valence-corrected chi connectivity index (χ3v) is 7.99. The molecule has 2 N–H and O–H groups in total. The average molecular weight is 555 g/mol. The zero-order valence-electron chi connectivity index (χ0n) is 23.5. The highest BCUT2D eigenvalue weighted by molar-refractivity contribution is 5.69. The van der Waals surface area contributed by atoms with Crippen LogP contribution in [0.15, 0.2) is 78.9 Å². The van der Waals surface area contributed by atoms with Gasteiger partial charge in [-0.1, -0.05) is 73.7 Å². The van der Waals surface area contributed by atoms with Gasteiger partial charge in [0.15, 0.2) is 5.82 Å². The Kier molecular flexibility index (Phi) is 9.38. The molecule has 2 unspecified atom stereocenters. The quantitative estimate of drug-likeness (QED) is 0.256. The number of piperazine rings is 1. The van der Waals surface area contributed by atoms with Gasteiger partial charge in [-0.05, 0) is 58.5 Å². The van der Waals surface area contributed by atoms with E-state index in [0.717, 1.165) is 49.4 Å². The first-order valence-electron chi connectivity index (χ1n) is 14.4. The first-order chi connectivity index (χ1) is 20.0. The molecule has 0 radical (unpaired) electrons. The summed E-state index contributed by atoms with van der Waals surface area (Å²) in [4.78, 5) is 16.3. The number of carboxylic acid groups (broad SMARTS) is 1. The van der Waals surface area contributed by atoms with Crippen LogP contribution in [0.3, 0.4) is 0 Å². The van der Waals surface area contributed by atoms with Crippen LogP contribution in [0.5, 0.6) is 5.75 Å². The summed E-state index contributed by atoms with van der Waals surface area (Å²) in [6.45, 7) is 7.19. The number of tetrazole rings is 1. The fourth-order valence-electron chi connectivity index (χ4n) is 5.70. The van der Waals surface area contributed by atoms with Gasteiger partial charge < -0.3 is 10.2 Å². The standard InChI is InChI=1S/C32H38N6O3/c1-2-25(32(40)41)11-7-17-38-31(33-34-35-38)27-15-13-26(14-16-27)30(28-10-6-12-29(39)22-28)37-20-18-36(19-21-37)23-24-8-4-3-5-9-24/h3-6,8-10,12-16,22,25,30,39H,2,7,11,17-21,23H2,1H3,(H,40,41). The number of aromatic hydroxyl groups is 1. The Bertz CT molecular complexity index is 1400. The molecule has 1 fully saturated rings. The number of rotatable bonds is 12. The lowest BCUT2D eigenvalue weighted by Gasteiger charge is -2.40. The van der Waals surface area contributed by atoms with Crippen LogP contribution < -0.4 is 0 Å². The van der Waals surface area contributed by atoms with E-state index in [1.54, 1.807) is 10.7 Å². The third-order valence-electron chi connectivity index (χ3n) is 7.99. The van der Waals surface area contributed by atoms with Gasteiger partial charge in [0.05, 0.1) is 12.0 Å². The number of benzene rings is 3. The lowest BCUT2D eigenvalue weighted by Crippen LogP contribution is -2.47. The Balaban J connectivity index is 1.30. The van der Waals surface area contributed by atoms with Gasteiger partial charge in [0.25, 0.3) is 0 Å². The minimum absolute atomic E-state index is 0.00742. The second-order valence-corrected chi connectivity index (χ2v) is 10.7. The van der Waals surface area contributed by atoms with Crippen molar-refractivity contribution >= 4 is 5.97 Å². The molecule has 9 nitrogen and oxygen atoms in total. The van der Waals surface area contributed by atoms with E-state index in [-0.39, 0.29) is 17.7 Å². The SMILES string of the molecule is CCC(CCCn1nnnc1-c1ccc(C(c2cccc(O)c2)N2CCN(Cc3ccccc3)CC2)cc1)C(=O)O. The van der Waals surface area contributed by atoms with Gasteiger partial charge in [0.2, 0.25) is 0 Å². The Morgan fingerprint density at radius 3 is 2.37 bits per heavy atom. The van der Waals surface area contributed by atoms with Gasteiger partial charge in [-0.2, -0.15) is 0 Å². The molecule has 214 valence electrons. The zero-order chi connectivity index (χ0) is 28.6. The molecule has 0 amide bonds. The second kappa shape index (κ2) is 13.5. The molecule has 0 spiro atoms. The van der Waals surface area contributed by atoms with E-state index in [4.69, 9.17) is 0 Å². The Labute approximate surface area is 241 Å². The van der Waals surface area contributed by atoms with Crippen molar-refractivity contribution in [3.63, 3.8) is 0 Å². The van der Waals surface area contributed by atoms with Crippen LogP contribution in [-0.2, 0) is 17.9 Å². The molecule has 0 bridgehead atoms. The van der Waals surface area contributed by atoms with Crippen molar-refractivity contribution in [3.8, 4) is 17.1 Å². The number of hydrogen-bond acceptors (Lipinski definition) is 7. The summed E-state index contributed by atoms with van der Waals surface area (Å²) in [7, 11) is 0. The monoisotopic (exact) mass is 554 g/mol. The Morgan fingerprint density at radius 1 is 0.927 bits per heavy atom. The molecule has 1 aliphatic rings. The Morgan fingerprint density at radius 2 is 1.68 bits per heavy atom. The molecule has 5 rings (SSSR count). The summed E-state index contributed by atoms with van der Waals surface area (Å²) in [6.07, 6.45) is 1.90. The number of aliphatic carboxylic acids is 1. The normalized spacial score (nSPS) is 15.9. The molecule has 1 aromatic heterocycles. The van der Waals surface area contributed by atoms with Gasteiger partial charge >= 0.3 is 5.97 Å². The van der Waals surface area contributed by atoms with E-state index in [0.29, 0.717) is 31.6 Å². The van der Waals surface area contributed by atoms with E-state index in [9.17, 15) is 15.0 Å². The van der Waals surface area contributed by atoms with Crippen molar-refractivity contribution < 1.29 is 15.0 Å². The second-order valence-electron chi connectivity index (χ2n) is 10.7. The number of phenolic OH excluding ortho intramolecular Hbond substituents is 1. The topological polar surface area (TPSA) is 108 Å². The number of carbonyl (C=O) groups is 1. The fourth-order valence-corrected chi connectivity index (χ4v) is 5.70. The van der Waals surface area contributed by atoms with Crippen LogP contribution >= 0.6 is 0 Å². The smallest absolute Gasteiger partial charge is 0.306 e. The maximum absolute atomic E-state index is 11.4. The van der Waals surface area contributed by atoms with E-state index >= 15 is 0 Å². The molecule has 0 aliphatic carbocycles. The average Bonchev–Trinajstić information content (AvgIpc) is 3.46. The molecule has 3 aromatic carbocycles. The first-order valence-corrected chi connectivity index (χ1v) is 14.4. The lowest BCUT2D eigenvalue weighted by atomic mass is 9.95. The number of carboxylic acids is 1. The molecule has 41 heavy (non-hydrogen) atoms. The van der Waals surface area contributed by atoms with Crippen molar-refractivity contribution in [1.82, 2.24) is 30.0 Å². The molecule has 4 aromatic rings. The molecule has 1 saturated heterocycles. The molecule has 9 heteroatoms. The first kappa shape index (κ1) is 28.4. The highest BCUT2D eigenvalue weighted by Crippen LogP contribution is 2.33. The maximum Gasteiger partial charge on any atom is 0.306 e. The number of aromatic nitrogens is 4. The highest BCUT2D eigenvalue weighted by Gasteiger charge is 2.27. The van der Waals surface area contributed by atoms with Crippen LogP contribution in [0.4, 0.5) is 0 Å². The summed E-state index contributed by atoms with van der Waals surface area (Å²) in [5, 5.41) is 31.9. The van der Waals surface area contributed by atoms with Crippen LogP contribution in [0.25, 0.3) is 11.4 Å². The van der Waals surface area contributed by atoms with Gasteiger partial charge in [-0.3, -0.25) is 14.6 Å². The molecule has 0 saturated carbocycles. The van der Waals surface area contributed by atoms with Crippen LogP contribution in [0.1, 0.15) is 48.9 Å². The zero-order valence-corrected chi connectivity index (χ0v) is 23.5. The summed E-state index contributed by atoms with van der Waals surface area (Å²) in [5.74, 6) is -0.162. The Hall–Kier alpha value is -4.08. The minimum atomic E-state index is -0.751. The molecule has 2 heterocycles. The lowest BCUT2D eigenvalue weighted by molar-refractivity contribution is -0.142. The molecular formula is C32H38N6O3. The van der Waals surface area contributed by atoms with Crippen LogP contribution in [0.2, 0.25) is 0 Å². The number of nitrogens with zero attached hydrogens (tertiary/aromatic N) is 6. The largest absolute Gasteiger partial charge is 0.508 e. The van der Waals surface area contributed by atoms with Gasteiger partial charge in [0.1, 0.15) is 5.75 Å². The number of aryl methyl sites for hydroxylation is 1. The van der Waals surface area contributed by atoms with Gasteiger partial charge in [0, 0.05) is 44.8 Å². The van der Waals surface area contributed by atoms with E-state index in [1.165, 1.54) is 5.56 Å². The van der Waals surface area contributed by atoms with Crippen molar-refractivity contribution in [3.05, 3.63) is 95.6 Å². The predicted octanol–water partition coefficient (Wildman–Crippen LogP) is 4.84. The van der Waals surface area contributed by atoms with Crippen molar-refractivity contribution in [1.29, 1.82) is 0 Å². The summed E-state index contributed by atoms with van der Waals surface area (Å²) in [6, 6.07) is 26.5. The summed E-state index contributed by atoms with van der Waals surface area (Å²) >= 11 is 0. The van der Waals surface area contributed by atoms with Crippen molar-refractivity contribution in [2.75, 3.05) is 26.2 Å². The minimum Gasteiger partial charge on any atom is -0.508 e. The van der Waals surface area contributed by atoms with Crippen molar-refractivity contribution in [2.45, 2.75) is 45.3 Å². The molecule has 1 aliphatic heterocycles. The number of phenols is 1. The van der Waals surface area contributed by atoms with E-state index < -0.39 is 5.97 Å². The number of hydrogen-bond donors (Lipinski definition) is 2. The summed E-state index contributed by atoms with van der Waals surface area (Å²) in [5.41, 5.74) is 4.44. The fraction of sp³-hybridized carbons (Fsp3) is 0.375. The maximum atomic E-state index is 11.4. The molecular weight excluding hydrogens is 516 g/mol. The van der Waals surface area contributed by atoms with Gasteiger partial charge in [-0.25, -0.2) is 4.68 Å². The van der Waals surface area contributed by atoms with Crippen LogP contribution in [-0.4, -0.2) is 72.4 Å². The van der Waals surface area contributed by atoms with E-state index in [1.807, 2.05) is 31.2 Å². The van der Waals surface area contributed by atoms with Gasteiger partial charge in [-0.15, -0.1) is 5.10 Å². The highest BCUT2D eigenvalue weighted by atomic mass is 16.4. The van der Waals surface area contributed by atoms with Crippen molar-refractivity contribution in [2.24, 2.45) is 5.92 Å². The van der Waals surface area contributed by atoms with E-state index in [2.05, 4.69) is 73.9 Å². The molecule has 2 atom stereocenters.